The van der Waals surface area contributed by atoms with Gasteiger partial charge in [0.2, 0.25) is 0 Å². The molecule has 0 aliphatic rings. The maximum absolute atomic E-state index is 0. The van der Waals surface area contributed by atoms with Crippen molar-refractivity contribution in [2.24, 2.45) is 0 Å². The fourth-order valence-electron chi connectivity index (χ4n) is 0. The molecule has 0 fully saturated rings. The Bertz CT molecular complexity index is 8.00. The molecule has 31 valence electrons. The summed E-state index contributed by atoms with van der Waals surface area (Å²) < 4.78 is 0. The molecule has 9 radical (unpaired) electrons. The summed E-state index contributed by atoms with van der Waals surface area (Å²) in [6, 6.07) is 0. The summed E-state index contributed by atoms with van der Waals surface area (Å²) >= 11 is 0. The molecule has 4 heavy (non-hydrogen) atoms. The first-order chi connectivity index (χ1) is 0. The van der Waals surface area contributed by atoms with Gasteiger partial charge in [-0.25, -0.2) is 0 Å². The number of hydrogen-bond acceptors (Lipinski definition) is 0. The van der Waals surface area contributed by atoms with Gasteiger partial charge in [-0.15, -0.1) is 0 Å². The van der Waals surface area contributed by atoms with Crippen LogP contribution in [0, 0.1) is 0 Å². The molecule has 0 bridgehead atoms. The van der Waals surface area contributed by atoms with Gasteiger partial charge in [-0.05, 0) is 0 Å². The van der Waals surface area contributed by atoms with Gasteiger partial charge in [0.1, 0.15) is 0 Å². The van der Waals surface area contributed by atoms with Crippen LogP contribution in [0.3, 0.4) is 0 Å². The largest absolute Gasteiger partial charge is 0 e. The Morgan fingerprint density at radius 3 is 1.00 bits per heavy atom. The van der Waals surface area contributed by atoms with Crippen LogP contribution >= 0.6 is 0 Å². The zero-order valence-electron chi connectivity index (χ0n) is 1.55. The number of rotatable bonds is 0. The van der Waals surface area contributed by atoms with Crippen molar-refractivity contribution in [1.82, 2.24) is 0 Å². The summed E-state index contributed by atoms with van der Waals surface area (Å²) in [5.74, 6) is 0. The van der Waals surface area contributed by atoms with Crippen molar-refractivity contribution in [1.29, 1.82) is 0 Å². The van der Waals surface area contributed by atoms with Crippen LogP contribution in [0.5, 0.6) is 0 Å². The van der Waals surface area contributed by atoms with Gasteiger partial charge in [0, 0.05) is 89.6 Å². The fourth-order valence-corrected chi connectivity index (χ4v) is 0. The average Bonchev–Trinajstić information content (AvgIpc) is 0. The molecule has 0 aliphatic carbocycles. The standard InChI is InChI=1S/Ag.Bi.Cu.Sn. The van der Waals surface area contributed by atoms with E-state index in [0.717, 1.165) is 0 Å². The van der Waals surface area contributed by atoms with Gasteiger partial charge in [-0.3, -0.25) is 0 Å². The van der Waals surface area contributed by atoms with Crippen molar-refractivity contribution in [2.45, 2.75) is 0 Å². The summed E-state index contributed by atoms with van der Waals surface area (Å²) in [6.45, 7) is 0. The zero-order chi connectivity index (χ0) is 0. The minimum absolute atomic E-state index is 0. The topological polar surface area (TPSA) is 0 Å². The van der Waals surface area contributed by atoms with E-state index in [-0.39, 0.29) is 89.6 Å². The Balaban J connectivity index is 0. The molecule has 0 unspecified atom stereocenters. The summed E-state index contributed by atoms with van der Waals surface area (Å²) in [6.07, 6.45) is 0. The maximum Gasteiger partial charge on any atom is 0 e. The Morgan fingerprint density at radius 1 is 1.00 bits per heavy atom. The third-order valence-corrected chi connectivity index (χ3v) is 0. The molecule has 0 N–H and O–H groups in total. The molecule has 0 amide bonds. The predicted octanol–water partition coefficient (Wildman–Crippen LogP) is -0.767. The van der Waals surface area contributed by atoms with Gasteiger partial charge in [0.25, 0.3) is 0 Å². The van der Waals surface area contributed by atoms with Crippen molar-refractivity contribution in [3.05, 3.63) is 0 Å². The molecule has 0 nitrogen and oxygen atoms in total. The van der Waals surface area contributed by atoms with Crippen molar-refractivity contribution in [3.63, 3.8) is 0 Å². The molecule has 0 saturated carbocycles. The van der Waals surface area contributed by atoms with Crippen LogP contribution in [0.25, 0.3) is 0 Å². The summed E-state index contributed by atoms with van der Waals surface area (Å²) in [4.78, 5) is 0. The van der Waals surface area contributed by atoms with E-state index in [1.165, 1.54) is 0 Å². The minimum atomic E-state index is 0. The quantitative estimate of drug-likeness (QED) is 0.385. The first kappa shape index (κ1) is 28.3. The second-order valence-corrected chi connectivity index (χ2v) is 0. The molecule has 0 aliphatic heterocycles. The van der Waals surface area contributed by atoms with Crippen LogP contribution in [-0.2, 0) is 39.4 Å². The van der Waals surface area contributed by atoms with Gasteiger partial charge >= 0.3 is 0 Å². The molecular formula is AgBiCuSn. The van der Waals surface area contributed by atoms with Crippen molar-refractivity contribution in [3.8, 4) is 0 Å². The Kier molecular flexibility index (Phi) is 119. The third kappa shape index (κ3) is 8.87. The predicted molar refractivity (Wildman–Crippen MR) is 11.5 cm³/mol. The van der Waals surface area contributed by atoms with E-state index in [4.69, 9.17) is 0 Å². The van der Waals surface area contributed by atoms with Crippen LogP contribution in [0.1, 0.15) is 0 Å². The van der Waals surface area contributed by atoms with Crippen LogP contribution in [0.15, 0.2) is 0 Å². The third-order valence-electron chi connectivity index (χ3n) is 0. The Hall–Kier alpha value is 2.94. The van der Waals surface area contributed by atoms with Crippen LogP contribution < -0.4 is 0 Å². The molecule has 0 aromatic carbocycles. The fraction of sp³-hybridized carbons (Fsp3) is 0. The van der Waals surface area contributed by atoms with Gasteiger partial charge in [-0.2, -0.15) is 0 Å². The van der Waals surface area contributed by atoms with Gasteiger partial charge in [-0.1, -0.05) is 0 Å². The molecule has 0 heterocycles. The van der Waals surface area contributed by atoms with E-state index in [2.05, 4.69) is 0 Å². The molecule has 0 aromatic heterocycles. The molecular weight excluding hydrogens is 499 g/mol. The Labute approximate surface area is 87.9 Å². The van der Waals surface area contributed by atoms with Crippen molar-refractivity contribution < 1.29 is 39.4 Å². The molecule has 0 atom stereocenters. The van der Waals surface area contributed by atoms with Gasteiger partial charge < -0.3 is 0 Å². The van der Waals surface area contributed by atoms with E-state index in [1.807, 2.05) is 0 Å². The van der Waals surface area contributed by atoms with Crippen molar-refractivity contribution in [2.75, 3.05) is 0 Å². The average molecular weight is 499 g/mol. The van der Waals surface area contributed by atoms with Crippen LogP contribution in [0.4, 0.5) is 0 Å². The van der Waals surface area contributed by atoms with E-state index >= 15 is 0 Å². The smallest absolute Gasteiger partial charge is 0 e. The van der Waals surface area contributed by atoms with Crippen LogP contribution in [0.2, 0.25) is 0 Å². The zero-order valence-corrected chi connectivity index (χ0v) is 10.3. The number of hydrogen-bond donors (Lipinski definition) is 0. The summed E-state index contributed by atoms with van der Waals surface area (Å²) in [7, 11) is 0. The summed E-state index contributed by atoms with van der Waals surface area (Å²) in [5, 5.41) is 0. The van der Waals surface area contributed by atoms with Crippen LogP contribution in [-0.4, -0.2) is 50.1 Å². The minimum Gasteiger partial charge on any atom is 0 e. The van der Waals surface area contributed by atoms with E-state index in [9.17, 15) is 0 Å². The van der Waals surface area contributed by atoms with E-state index in [1.54, 1.807) is 0 Å². The van der Waals surface area contributed by atoms with Crippen molar-refractivity contribution >= 4 is 50.1 Å². The first-order valence-corrected chi connectivity index (χ1v) is 0. The van der Waals surface area contributed by atoms with Gasteiger partial charge in [0.05, 0.1) is 0 Å². The molecule has 0 spiro atoms. The molecule has 0 saturated heterocycles. The maximum atomic E-state index is 0. The normalized spacial score (nSPS) is 0. The second-order valence-electron chi connectivity index (χ2n) is 0. The van der Waals surface area contributed by atoms with E-state index in [0.29, 0.717) is 0 Å². The monoisotopic (exact) mass is 499 g/mol. The van der Waals surface area contributed by atoms with Gasteiger partial charge in [0.15, 0.2) is 0 Å². The molecule has 4 heteroatoms. The SMILES string of the molecule is [Ag].[Bi].[Cu].[Sn]. The Morgan fingerprint density at radius 2 is 1.00 bits per heavy atom. The van der Waals surface area contributed by atoms with E-state index < -0.39 is 0 Å². The first-order valence-electron chi connectivity index (χ1n) is 0. The molecule has 0 aromatic rings. The summed E-state index contributed by atoms with van der Waals surface area (Å²) in [5.41, 5.74) is 0. The molecule has 0 rings (SSSR count). The second kappa shape index (κ2) is 16.8.